The first-order valence-electron chi connectivity index (χ1n) is 11.2. The summed E-state index contributed by atoms with van der Waals surface area (Å²) >= 11 is 0. The van der Waals surface area contributed by atoms with Crippen LogP contribution in [-0.4, -0.2) is 53.7 Å². The van der Waals surface area contributed by atoms with Gasteiger partial charge in [0.05, 0.1) is 26.9 Å². The highest BCUT2D eigenvalue weighted by Crippen LogP contribution is 2.40. The predicted octanol–water partition coefficient (Wildman–Crippen LogP) is 3.16. The van der Waals surface area contributed by atoms with Crippen LogP contribution < -0.4 is 24.8 Å². The van der Waals surface area contributed by atoms with E-state index in [2.05, 4.69) is 20.7 Å². The molecule has 0 fully saturated rings. The number of rotatable bonds is 9. The maximum absolute atomic E-state index is 13.6. The van der Waals surface area contributed by atoms with E-state index >= 15 is 0 Å². The van der Waals surface area contributed by atoms with Gasteiger partial charge in [-0.05, 0) is 49.7 Å². The van der Waals surface area contributed by atoms with E-state index in [9.17, 15) is 9.90 Å². The fourth-order valence-corrected chi connectivity index (χ4v) is 4.04. The number of benzene rings is 2. The Kier molecular flexibility index (Phi) is 7.21. The second-order valence-corrected chi connectivity index (χ2v) is 7.98. The summed E-state index contributed by atoms with van der Waals surface area (Å²) in [5.74, 6) is 2.68. The number of carbonyl (C=O) groups excluding carboxylic acids is 1. The van der Waals surface area contributed by atoms with E-state index in [-0.39, 0.29) is 12.5 Å². The van der Waals surface area contributed by atoms with Crippen molar-refractivity contribution >= 4 is 17.5 Å². The normalized spacial score (nSPS) is 14.7. The molecule has 1 aromatic heterocycles. The van der Waals surface area contributed by atoms with Crippen LogP contribution >= 0.6 is 0 Å². The minimum Gasteiger partial charge on any atom is -0.497 e. The summed E-state index contributed by atoms with van der Waals surface area (Å²) in [5, 5.41) is 20.1. The van der Waals surface area contributed by atoms with Gasteiger partial charge in [-0.25, -0.2) is 4.68 Å². The van der Waals surface area contributed by atoms with Crippen LogP contribution in [0.1, 0.15) is 30.8 Å². The molecule has 3 aromatic rings. The number of fused-ring (bicyclic) bond motifs is 1. The molecule has 0 spiro atoms. The standard InChI is InChI=1S/C25H29N5O5/c1-15-22(24(32)27-16-7-9-17(33-2)10-8-16)23(19-12-11-18(34-3)14-20(19)35-4)30-25(26-15)28-21(29-30)6-5-13-31/h7-12,14,23,31H,5-6,13H2,1-4H3,(H,27,32)(H,26,28,29). The maximum Gasteiger partial charge on any atom is 0.255 e. The number of aliphatic hydroxyl groups is 1. The Hall–Kier alpha value is -4.05. The van der Waals surface area contributed by atoms with Gasteiger partial charge in [0.15, 0.2) is 5.82 Å². The van der Waals surface area contributed by atoms with Crippen molar-refractivity contribution in [3.05, 3.63) is 65.1 Å². The first-order chi connectivity index (χ1) is 17.0. The predicted molar refractivity (Wildman–Crippen MR) is 131 cm³/mol. The highest BCUT2D eigenvalue weighted by atomic mass is 16.5. The summed E-state index contributed by atoms with van der Waals surface area (Å²) in [6.45, 7) is 1.87. The SMILES string of the molecule is COc1ccc(NC(=O)C2=C(C)Nc3nc(CCCO)nn3C2c2ccc(OC)cc2OC)cc1. The molecule has 35 heavy (non-hydrogen) atoms. The van der Waals surface area contributed by atoms with Gasteiger partial charge in [-0.2, -0.15) is 10.1 Å². The zero-order chi connectivity index (χ0) is 24.9. The Morgan fingerprint density at radius 1 is 1.09 bits per heavy atom. The number of amides is 1. The molecule has 1 unspecified atom stereocenters. The molecule has 1 aliphatic heterocycles. The lowest BCUT2D eigenvalue weighted by Crippen LogP contribution is -2.31. The van der Waals surface area contributed by atoms with E-state index in [1.807, 2.05) is 19.1 Å². The molecule has 184 valence electrons. The van der Waals surface area contributed by atoms with Gasteiger partial charge in [-0.1, -0.05) is 0 Å². The summed E-state index contributed by atoms with van der Waals surface area (Å²) in [7, 11) is 4.74. The minimum absolute atomic E-state index is 0.0415. The highest BCUT2D eigenvalue weighted by Gasteiger charge is 2.36. The first kappa shape index (κ1) is 24.1. The van der Waals surface area contributed by atoms with Crippen molar-refractivity contribution < 1.29 is 24.1 Å². The van der Waals surface area contributed by atoms with Crippen LogP contribution in [0.5, 0.6) is 17.2 Å². The number of nitrogens with one attached hydrogen (secondary N) is 2. The van der Waals surface area contributed by atoms with Crippen molar-refractivity contribution in [2.24, 2.45) is 0 Å². The Morgan fingerprint density at radius 3 is 2.46 bits per heavy atom. The molecule has 0 saturated carbocycles. The molecule has 10 heteroatoms. The Labute approximate surface area is 203 Å². The van der Waals surface area contributed by atoms with E-state index < -0.39 is 6.04 Å². The molecule has 1 aliphatic rings. The summed E-state index contributed by atoms with van der Waals surface area (Å²) in [5.41, 5.74) is 2.47. The first-order valence-corrected chi connectivity index (χ1v) is 11.2. The van der Waals surface area contributed by atoms with Crippen LogP contribution in [0.3, 0.4) is 0 Å². The smallest absolute Gasteiger partial charge is 0.255 e. The zero-order valence-corrected chi connectivity index (χ0v) is 20.2. The molecule has 2 heterocycles. The van der Waals surface area contributed by atoms with Crippen molar-refractivity contribution in [3.63, 3.8) is 0 Å². The number of allylic oxidation sites excluding steroid dienone is 1. The molecule has 1 amide bonds. The van der Waals surface area contributed by atoms with E-state index in [4.69, 9.17) is 14.2 Å². The number of aryl methyl sites for hydroxylation is 1. The van der Waals surface area contributed by atoms with Gasteiger partial charge in [0.2, 0.25) is 5.95 Å². The molecule has 0 radical (unpaired) electrons. The van der Waals surface area contributed by atoms with E-state index in [1.54, 1.807) is 56.3 Å². The van der Waals surface area contributed by atoms with Gasteiger partial charge in [0.25, 0.3) is 5.91 Å². The molecule has 0 aliphatic carbocycles. The van der Waals surface area contributed by atoms with Crippen molar-refractivity contribution in [2.75, 3.05) is 38.6 Å². The number of hydrogen-bond donors (Lipinski definition) is 3. The number of anilines is 2. The van der Waals surface area contributed by atoms with Gasteiger partial charge in [-0.15, -0.1) is 0 Å². The second kappa shape index (κ2) is 10.5. The molecule has 0 saturated heterocycles. The molecule has 4 rings (SSSR count). The van der Waals surface area contributed by atoms with Crippen molar-refractivity contribution in [1.29, 1.82) is 0 Å². The molecule has 3 N–H and O–H groups in total. The lowest BCUT2D eigenvalue weighted by Gasteiger charge is -2.29. The van der Waals surface area contributed by atoms with Crippen LogP contribution in [0.25, 0.3) is 0 Å². The van der Waals surface area contributed by atoms with Crippen LogP contribution in [0.4, 0.5) is 11.6 Å². The maximum atomic E-state index is 13.6. The molecule has 0 bridgehead atoms. The van der Waals surface area contributed by atoms with Gasteiger partial charge < -0.3 is 30.0 Å². The fourth-order valence-electron chi connectivity index (χ4n) is 4.04. The topological polar surface area (TPSA) is 120 Å². The largest absolute Gasteiger partial charge is 0.497 e. The number of ether oxygens (including phenoxy) is 3. The Bertz CT molecular complexity index is 1240. The van der Waals surface area contributed by atoms with Crippen molar-refractivity contribution in [2.45, 2.75) is 25.8 Å². The van der Waals surface area contributed by atoms with Crippen molar-refractivity contribution in [1.82, 2.24) is 14.8 Å². The fraction of sp³-hybridized carbons (Fsp3) is 0.320. The number of hydrogen-bond acceptors (Lipinski definition) is 8. The number of aromatic nitrogens is 3. The number of carbonyl (C=O) groups is 1. The van der Waals surface area contributed by atoms with Crippen LogP contribution in [0.2, 0.25) is 0 Å². The molecular formula is C25H29N5O5. The molecule has 2 aromatic carbocycles. The van der Waals surface area contributed by atoms with E-state index in [1.165, 1.54) is 0 Å². The third-order valence-corrected chi connectivity index (χ3v) is 5.78. The molecular weight excluding hydrogens is 450 g/mol. The summed E-state index contributed by atoms with van der Waals surface area (Å²) in [6.07, 6.45) is 1.05. The lowest BCUT2D eigenvalue weighted by atomic mass is 9.94. The van der Waals surface area contributed by atoms with Crippen LogP contribution in [0.15, 0.2) is 53.7 Å². The average molecular weight is 480 g/mol. The van der Waals surface area contributed by atoms with Gasteiger partial charge >= 0.3 is 0 Å². The Balaban J connectivity index is 1.78. The quantitative estimate of drug-likeness (QED) is 0.428. The monoisotopic (exact) mass is 479 g/mol. The molecule has 10 nitrogen and oxygen atoms in total. The summed E-state index contributed by atoms with van der Waals surface area (Å²) in [6, 6.07) is 12.0. The third kappa shape index (κ3) is 4.92. The number of methoxy groups -OCH3 is 3. The number of aliphatic hydroxyl groups excluding tert-OH is 1. The lowest BCUT2D eigenvalue weighted by molar-refractivity contribution is -0.113. The van der Waals surface area contributed by atoms with E-state index in [0.717, 1.165) is 5.56 Å². The minimum atomic E-state index is -0.610. The van der Waals surface area contributed by atoms with Crippen LogP contribution in [0, 0.1) is 0 Å². The highest BCUT2D eigenvalue weighted by molar-refractivity contribution is 6.06. The summed E-state index contributed by atoms with van der Waals surface area (Å²) in [4.78, 5) is 18.2. The molecule has 1 atom stereocenters. The van der Waals surface area contributed by atoms with E-state index in [0.29, 0.717) is 58.8 Å². The second-order valence-electron chi connectivity index (χ2n) is 7.98. The van der Waals surface area contributed by atoms with Gasteiger partial charge in [0, 0.05) is 36.0 Å². The Morgan fingerprint density at radius 2 is 1.80 bits per heavy atom. The van der Waals surface area contributed by atoms with Gasteiger partial charge in [-0.3, -0.25) is 4.79 Å². The number of nitrogens with zero attached hydrogens (tertiary/aromatic N) is 3. The third-order valence-electron chi connectivity index (χ3n) is 5.78. The van der Waals surface area contributed by atoms with Crippen LogP contribution in [-0.2, 0) is 11.2 Å². The van der Waals surface area contributed by atoms with Gasteiger partial charge in [0.1, 0.15) is 23.3 Å². The average Bonchev–Trinajstić information content (AvgIpc) is 3.28. The summed E-state index contributed by atoms with van der Waals surface area (Å²) < 4.78 is 17.9. The zero-order valence-electron chi connectivity index (χ0n) is 20.2. The van der Waals surface area contributed by atoms with Crippen molar-refractivity contribution in [3.8, 4) is 17.2 Å².